The van der Waals surface area contributed by atoms with E-state index in [1.807, 2.05) is 25.4 Å². The van der Waals surface area contributed by atoms with Gasteiger partial charge >= 0.3 is 0 Å². The Morgan fingerprint density at radius 3 is 2.81 bits per heavy atom. The van der Waals surface area contributed by atoms with Crippen molar-refractivity contribution in [1.29, 1.82) is 0 Å². The van der Waals surface area contributed by atoms with E-state index in [9.17, 15) is 4.39 Å². The van der Waals surface area contributed by atoms with Crippen LogP contribution in [-0.2, 0) is 0 Å². The van der Waals surface area contributed by atoms with Crippen LogP contribution in [0.15, 0.2) is 36.7 Å². The van der Waals surface area contributed by atoms with Gasteiger partial charge in [0.25, 0.3) is 0 Å². The fourth-order valence-corrected chi connectivity index (χ4v) is 2.98. The van der Waals surface area contributed by atoms with E-state index in [4.69, 9.17) is 16.3 Å². The Kier molecular flexibility index (Phi) is 6.54. The van der Waals surface area contributed by atoms with Crippen LogP contribution in [-0.4, -0.2) is 36.4 Å². The van der Waals surface area contributed by atoms with Crippen molar-refractivity contribution in [2.75, 3.05) is 37.1 Å². The summed E-state index contributed by atoms with van der Waals surface area (Å²) in [5, 5.41) is 7.14. The predicted molar refractivity (Wildman–Crippen MR) is 111 cm³/mol. The summed E-state index contributed by atoms with van der Waals surface area (Å²) in [6.45, 7) is 1.26. The van der Waals surface area contributed by atoms with Crippen LogP contribution in [0.2, 0.25) is 5.02 Å². The fraction of sp³-hybridized carbons (Fsp3) is 0.222. The molecule has 3 rings (SSSR count). The van der Waals surface area contributed by atoms with Crippen LogP contribution in [0.1, 0.15) is 0 Å². The van der Waals surface area contributed by atoms with Crippen LogP contribution >= 0.6 is 23.5 Å². The molecule has 0 amide bonds. The average molecular weight is 408 g/mol. The molecule has 0 fully saturated rings. The molecule has 3 aromatic rings. The highest BCUT2D eigenvalue weighted by molar-refractivity contribution is 7.96. The van der Waals surface area contributed by atoms with Gasteiger partial charge < -0.3 is 15.4 Å². The lowest BCUT2D eigenvalue weighted by molar-refractivity contribution is 0.326. The molecule has 0 unspecified atom stereocenters. The van der Waals surface area contributed by atoms with Crippen molar-refractivity contribution < 1.29 is 9.13 Å². The van der Waals surface area contributed by atoms with E-state index >= 15 is 0 Å². The molecule has 0 bridgehead atoms. The second-order valence-electron chi connectivity index (χ2n) is 5.54. The monoisotopic (exact) mass is 407 g/mol. The van der Waals surface area contributed by atoms with E-state index in [1.54, 1.807) is 18.0 Å². The molecule has 3 N–H and O–H groups in total. The van der Waals surface area contributed by atoms with Gasteiger partial charge in [-0.2, -0.15) is 0 Å². The highest BCUT2D eigenvalue weighted by Crippen LogP contribution is 2.33. The number of nitrogens with zero attached hydrogens (tertiary/aromatic N) is 2. The van der Waals surface area contributed by atoms with Gasteiger partial charge in [0, 0.05) is 30.7 Å². The van der Waals surface area contributed by atoms with Gasteiger partial charge in [0.05, 0.1) is 16.2 Å². The number of halogens is 2. The Balaban J connectivity index is 1.91. The van der Waals surface area contributed by atoms with Gasteiger partial charge in [-0.15, -0.1) is 0 Å². The lowest BCUT2D eigenvalue weighted by atomic mass is 10.2. The van der Waals surface area contributed by atoms with Gasteiger partial charge in [0.2, 0.25) is 0 Å². The summed E-state index contributed by atoms with van der Waals surface area (Å²) in [7, 11) is 1.82. The Morgan fingerprint density at radius 1 is 1.22 bits per heavy atom. The summed E-state index contributed by atoms with van der Waals surface area (Å²) in [5.74, 6) is 0.835. The minimum Gasteiger partial charge on any atom is -0.490 e. The van der Waals surface area contributed by atoms with Gasteiger partial charge in [-0.25, -0.2) is 14.4 Å². The number of ether oxygens (including phenoxy) is 1. The van der Waals surface area contributed by atoms with Gasteiger partial charge in [-0.3, -0.25) is 4.72 Å². The molecule has 0 saturated heterocycles. The average Bonchev–Trinajstić information content (AvgIpc) is 2.68. The second-order valence-corrected chi connectivity index (χ2v) is 6.64. The Morgan fingerprint density at radius 2 is 2.07 bits per heavy atom. The topological polar surface area (TPSA) is 71.1 Å². The molecule has 9 heteroatoms. The van der Waals surface area contributed by atoms with Crippen LogP contribution in [0, 0.1) is 5.82 Å². The molecule has 0 spiro atoms. The molecule has 0 aliphatic heterocycles. The predicted octanol–water partition coefficient (Wildman–Crippen LogP) is 4.45. The number of fused-ring (bicyclic) bond motifs is 1. The number of aromatic nitrogens is 2. The molecule has 1 aromatic heterocycles. The van der Waals surface area contributed by atoms with Gasteiger partial charge in [0.15, 0.2) is 0 Å². The Hall–Kier alpha value is -2.29. The maximum atomic E-state index is 13.4. The molecule has 2 aromatic carbocycles. The van der Waals surface area contributed by atoms with Gasteiger partial charge in [-0.05, 0) is 30.5 Å². The maximum Gasteiger partial charge on any atom is 0.144 e. The zero-order chi connectivity index (χ0) is 19.2. The number of hydrogen-bond acceptors (Lipinski definition) is 7. The molecule has 0 aliphatic carbocycles. The van der Waals surface area contributed by atoms with Crippen molar-refractivity contribution in [3.05, 3.63) is 47.5 Å². The van der Waals surface area contributed by atoms with Crippen molar-refractivity contribution in [1.82, 2.24) is 14.7 Å². The van der Waals surface area contributed by atoms with Gasteiger partial charge in [0.1, 0.15) is 30.3 Å². The third kappa shape index (κ3) is 4.71. The normalized spacial score (nSPS) is 10.8. The molecule has 0 saturated carbocycles. The van der Waals surface area contributed by atoms with E-state index in [0.717, 1.165) is 23.1 Å². The minimum absolute atomic E-state index is 0.0452. The highest BCUT2D eigenvalue weighted by Gasteiger charge is 2.11. The SMILES string of the molecule is CNc1cc2c(Nc3ccc(F)c(Cl)c3)ncnc2cc1OCCNSC. The second kappa shape index (κ2) is 9.07. The number of rotatable bonds is 8. The molecule has 1 heterocycles. The van der Waals surface area contributed by atoms with Crippen molar-refractivity contribution in [2.45, 2.75) is 0 Å². The smallest absolute Gasteiger partial charge is 0.144 e. The third-order valence-electron chi connectivity index (χ3n) is 3.79. The zero-order valence-electron chi connectivity index (χ0n) is 14.8. The first-order chi connectivity index (χ1) is 13.1. The van der Waals surface area contributed by atoms with Crippen LogP contribution in [0.4, 0.5) is 21.6 Å². The van der Waals surface area contributed by atoms with Crippen LogP contribution in [0.3, 0.4) is 0 Å². The van der Waals surface area contributed by atoms with E-state index in [2.05, 4.69) is 25.3 Å². The number of benzene rings is 2. The lowest BCUT2D eigenvalue weighted by Gasteiger charge is -2.14. The number of hydrogen-bond donors (Lipinski definition) is 3. The first-order valence-corrected chi connectivity index (χ1v) is 9.80. The largest absolute Gasteiger partial charge is 0.490 e. The van der Waals surface area contributed by atoms with Crippen LogP contribution < -0.4 is 20.1 Å². The summed E-state index contributed by atoms with van der Waals surface area (Å²) in [6.07, 6.45) is 3.43. The molecule has 0 atom stereocenters. The summed E-state index contributed by atoms with van der Waals surface area (Å²) in [4.78, 5) is 8.64. The third-order valence-corrected chi connectivity index (χ3v) is 4.58. The van der Waals surface area contributed by atoms with Crippen LogP contribution in [0.25, 0.3) is 10.9 Å². The standard InChI is InChI=1S/C18H19ClFN5OS/c1-21-16-8-12-15(9-17(16)26-6-5-24-27-2)22-10-23-18(12)25-11-3-4-14(20)13(19)7-11/h3-4,7-10,21,24H,5-6H2,1-2H3,(H,22,23,25). The van der Waals surface area contributed by atoms with E-state index in [-0.39, 0.29) is 5.02 Å². The Bertz CT molecular complexity index is 943. The minimum atomic E-state index is -0.468. The van der Waals surface area contributed by atoms with Gasteiger partial charge in [-0.1, -0.05) is 23.5 Å². The van der Waals surface area contributed by atoms with E-state index in [0.29, 0.717) is 23.9 Å². The van der Waals surface area contributed by atoms with Crippen molar-refractivity contribution in [3.8, 4) is 5.75 Å². The van der Waals surface area contributed by atoms with E-state index in [1.165, 1.54) is 18.5 Å². The molecule has 6 nitrogen and oxygen atoms in total. The Labute approximate surface area is 166 Å². The molecule has 0 aliphatic rings. The molecule has 0 radical (unpaired) electrons. The summed E-state index contributed by atoms with van der Waals surface area (Å²) < 4.78 is 22.4. The number of nitrogens with one attached hydrogen (secondary N) is 3. The van der Waals surface area contributed by atoms with Crippen molar-refractivity contribution >= 4 is 51.6 Å². The first-order valence-electron chi connectivity index (χ1n) is 8.19. The number of anilines is 3. The van der Waals surface area contributed by atoms with Crippen molar-refractivity contribution in [2.24, 2.45) is 0 Å². The molecular weight excluding hydrogens is 389 g/mol. The lowest BCUT2D eigenvalue weighted by Crippen LogP contribution is -2.14. The molecule has 142 valence electrons. The molecule has 27 heavy (non-hydrogen) atoms. The first kappa shape index (κ1) is 19.5. The fourth-order valence-electron chi connectivity index (χ4n) is 2.51. The van der Waals surface area contributed by atoms with Crippen molar-refractivity contribution in [3.63, 3.8) is 0 Å². The summed E-state index contributed by atoms with van der Waals surface area (Å²) >= 11 is 7.40. The molecular formula is C18H19ClFN5OS. The quantitative estimate of drug-likeness (QED) is 0.376. The maximum absolute atomic E-state index is 13.4. The summed E-state index contributed by atoms with van der Waals surface area (Å²) in [5.41, 5.74) is 2.19. The van der Waals surface area contributed by atoms with E-state index < -0.39 is 5.82 Å². The summed E-state index contributed by atoms with van der Waals surface area (Å²) in [6, 6.07) is 8.21. The van der Waals surface area contributed by atoms with Crippen LogP contribution in [0.5, 0.6) is 5.75 Å². The highest BCUT2D eigenvalue weighted by atomic mass is 35.5. The zero-order valence-corrected chi connectivity index (χ0v) is 16.4.